The number of hydrogen-bond acceptors (Lipinski definition) is 2. The summed E-state index contributed by atoms with van der Waals surface area (Å²) in [7, 11) is 0. The Morgan fingerprint density at radius 2 is 1.68 bits per heavy atom. The molecule has 0 bridgehead atoms. The normalized spacial score (nSPS) is 24.1. The van der Waals surface area contributed by atoms with Gasteiger partial charge < -0.3 is 5.32 Å². The molecule has 0 atom stereocenters. The molecule has 1 aliphatic heterocycles. The predicted molar refractivity (Wildman–Crippen MR) is 82.7 cm³/mol. The fraction of sp³-hybridized carbons (Fsp3) is 0.933. The maximum absolute atomic E-state index is 11.8. The van der Waals surface area contributed by atoms with Crippen molar-refractivity contribution in [3.63, 3.8) is 0 Å². The summed E-state index contributed by atoms with van der Waals surface area (Å²) in [5.41, 5.74) is 0.265. The lowest BCUT2D eigenvalue weighted by Gasteiger charge is -2.48. The second kappa shape index (κ2) is 7.63. The standard InChI is InChI=1S/C15H27BrN2O/c16-10-7-14(19)17-13-15(8-3-1-4-9-15)18-11-5-2-6-12-18/h1-13H2,(H,17,19). The van der Waals surface area contributed by atoms with Gasteiger partial charge in [0.25, 0.3) is 0 Å². The summed E-state index contributed by atoms with van der Waals surface area (Å²) in [5, 5.41) is 3.94. The number of alkyl halides is 1. The van der Waals surface area contributed by atoms with Gasteiger partial charge >= 0.3 is 0 Å². The first-order valence-corrected chi connectivity index (χ1v) is 8.97. The van der Waals surface area contributed by atoms with Crippen molar-refractivity contribution in [3.05, 3.63) is 0 Å². The molecule has 1 aliphatic carbocycles. The first-order chi connectivity index (χ1) is 9.27. The highest BCUT2D eigenvalue weighted by Gasteiger charge is 2.38. The number of amides is 1. The number of likely N-dealkylation sites (tertiary alicyclic amines) is 1. The van der Waals surface area contributed by atoms with E-state index in [4.69, 9.17) is 0 Å². The number of hydrogen-bond donors (Lipinski definition) is 1. The van der Waals surface area contributed by atoms with E-state index >= 15 is 0 Å². The van der Waals surface area contributed by atoms with E-state index in [1.807, 2.05) is 0 Å². The summed E-state index contributed by atoms with van der Waals surface area (Å²) in [6, 6.07) is 0. The van der Waals surface area contributed by atoms with Crippen molar-refractivity contribution in [2.24, 2.45) is 0 Å². The molecule has 19 heavy (non-hydrogen) atoms. The average molecular weight is 331 g/mol. The van der Waals surface area contributed by atoms with Gasteiger partial charge in [0.05, 0.1) is 0 Å². The zero-order chi connectivity index (χ0) is 13.6. The van der Waals surface area contributed by atoms with Gasteiger partial charge in [0.15, 0.2) is 0 Å². The molecule has 0 aromatic carbocycles. The Kier molecular flexibility index (Phi) is 6.14. The lowest BCUT2D eigenvalue weighted by atomic mass is 9.79. The fourth-order valence-electron chi connectivity index (χ4n) is 3.62. The molecule has 1 heterocycles. The number of halogens is 1. The number of carbonyl (C=O) groups is 1. The molecule has 0 radical (unpaired) electrons. The van der Waals surface area contributed by atoms with Crippen LogP contribution in [-0.2, 0) is 4.79 Å². The highest BCUT2D eigenvalue weighted by atomic mass is 79.9. The molecule has 0 aromatic rings. The van der Waals surface area contributed by atoms with Crippen LogP contribution >= 0.6 is 15.9 Å². The van der Waals surface area contributed by atoms with Crippen LogP contribution in [-0.4, -0.2) is 41.3 Å². The summed E-state index contributed by atoms with van der Waals surface area (Å²) < 4.78 is 0. The lowest BCUT2D eigenvalue weighted by Crippen LogP contribution is -2.58. The Bertz CT molecular complexity index is 284. The van der Waals surface area contributed by atoms with Gasteiger partial charge in [0, 0.05) is 23.8 Å². The van der Waals surface area contributed by atoms with Crippen LogP contribution in [0.1, 0.15) is 57.8 Å². The number of piperidine rings is 1. The molecule has 3 nitrogen and oxygen atoms in total. The van der Waals surface area contributed by atoms with Crippen molar-refractivity contribution >= 4 is 21.8 Å². The summed E-state index contributed by atoms with van der Waals surface area (Å²) in [6.07, 6.45) is 11.2. The van der Waals surface area contributed by atoms with E-state index in [-0.39, 0.29) is 11.4 Å². The predicted octanol–water partition coefficient (Wildman–Crippen LogP) is 3.08. The van der Waals surface area contributed by atoms with Gasteiger partial charge in [-0.3, -0.25) is 9.69 Å². The molecule has 2 fully saturated rings. The van der Waals surface area contributed by atoms with Gasteiger partial charge in [-0.2, -0.15) is 0 Å². The first kappa shape index (κ1) is 15.3. The third kappa shape index (κ3) is 4.19. The molecule has 110 valence electrons. The Labute approximate surface area is 125 Å². The molecule has 0 aromatic heterocycles. The van der Waals surface area contributed by atoms with Crippen LogP contribution in [0.4, 0.5) is 0 Å². The monoisotopic (exact) mass is 330 g/mol. The van der Waals surface area contributed by atoms with E-state index < -0.39 is 0 Å². The molecular formula is C15H27BrN2O. The minimum atomic E-state index is 0.193. The second-order valence-electron chi connectivity index (χ2n) is 6.05. The number of nitrogens with zero attached hydrogens (tertiary/aromatic N) is 1. The maximum Gasteiger partial charge on any atom is 0.220 e. The molecule has 0 unspecified atom stereocenters. The number of carbonyl (C=O) groups excluding carboxylic acids is 1. The quantitative estimate of drug-likeness (QED) is 0.785. The van der Waals surface area contributed by atoms with Gasteiger partial charge in [0.2, 0.25) is 5.91 Å². The van der Waals surface area contributed by atoms with Gasteiger partial charge in [0.1, 0.15) is 0 Å². The SMILES string of the molecule is O=C(CCBr)NCC1(N2CCCCC2)CCCCC1. The van der Waals surface area contributed by atoms with E-state index in [1.165, 1.54) is 64.5 Å². The van der Waals surface area contributed by atoms with Gasteiger partial charge in [-0.15, -0.1) is 0 Å². The van der Waals surface area contributed by atoms with Crippen molar-refractivity contribution in [2.75, 3.05) is 25.0 Å². The Balaban J connectivity index is 1.95. The summed E-state index contributed by atoms with van der Waals surface area (Å²) >= 11 is 3.33. The Morgan fingerprint density at radius 3 is 2.32 bits per heavy atom. The molecule has 2 aliphatic rings. The van der Waals surface area contributed by atoms with Crippen molar-refractivity contribution in [2.45, 2.75) is 63.3 Å². The maximum atomic E-state index is 11.8. The van der Waals surface area contributed by atoms with E-state index in [2.05, 4.69) is 26.1 Å². The third-order valence-corrected chi connectivity index (χ3v) is 5.14. The third-order valence-electron chi connectivity index (χ3n) is 4.75. The molecule has 4 heteroatoms. The van der Waals surface area contributed by atoms with Crippen LogP contribution in [0.5, 0.6) is 0 Å². The highest BCUT2D eigenvalue weighted by molar-refractivity contribution is 9.09. The molecular weight excluding hydrogens is 304 g/mol. The van der Waals surface area contributed by atoms with E-state index in [1.54, 1.807) is 0 Å². The smallest absolute Gasteiger partial charge is 0.220 e. The zero-order valence-electron chi connectivity index (χ0n) is 11.9. The first-order valence-electron chi connectivity index (χ1n) is 7.85. The minimum absolute atomic E-state index is 0.193. The lowest BCUT2D eigenvalue weighted by molar-refractivity contribution is -0.121. The van der Waals surface area contributed by atoms with Crippen molar-refractivity contribution in [1.82, 2.24) is 10.2 Å². The van der Waals surface area contributed by atoms with E-state index in [9.17, 15) is 4.79 Å². The highest BCUT2D eigenvalue weighted by Crippen LogP contribution is 2.35. The molecule has 0 spiro atoms. The molecule has 2 rings (SSSR count). The van der Waals surface area contributed by atoms with Crippen LogP contribution in [0, 0.1) is 0 Å². The van der Waals surface area contributed by atoms with E-state index in [0.717, 1.165) is 11.9 Å². The van der Waals surface area contributed by atoms with Gasteiger partial charge in [-0.05, 0) is 38.8 Å². The van der Waals surface area contributed by atoms with Crippen LogP contribution in [0.15, 0.2) is 0 Å². The van der Waals surface area contributed by atoms with Gasteiger partial charge in [-0.1, -0.05) is 41.6 Å². The van der Waals surface area contributed by atoms with Crippen molar-refractivity contribution in [3.8, 4) is 0 Å². The van der Waals surface area contributed by atoms with Crippen LogP contribution in [0.2, 0.25) is 0 Å². The number of rotatable bonds is 5. The average Bonchev–Trinajstić information content (AvgIpc) is 2.47. The summed E-state index contributed by atoms with van der Waals surface area (Å²) in [5.74, 6) is 0.193. The molecule has 1 amide bonds. The molecule has 1 saturated carbocycles. The summed E-state index contributed by atoms with van der Waals surface area (Å²) in [4.78, 5) is 14.4. The van der Waals surface area contributed by atoms with Gasteiger partial charge in [-0.25, -0.2) is 0 Å². The van der Waals surface area contributed by atoms with E-state index in [0.29, 0.717) is 6.42 Å². The fourth-order valence-corrected chi connectivity index (χ4v) is 3.98. The van der Waals surface area contributed by atoms with Crippen molar-refractivity contribution in [1.29, 1.82) is 0 Å². The largest absolute Gasteiger partial charge is 0.354 e. The van der Waals surface area contributed by atoms with Crippen LogP contribution in [0.25, 0.3) is 0 Å². The molecule has 1 N–H and O–H groups in total. The summed E-state index contributed by atoms with van der Waals surface area (Å²) in [6.45, 7) is 3.32. The second-order valence-corrected chi connectivity index (χ2v) is 6.84. The van der Waals surface area contributed by atoms with Crippen LogP contribution in [0.3, 0.4) is 0 Å². The number of nitrogens with one attached hydrogen (secondary N) is 1. The Morgan fingerprint density at radius 1 is 1.05 bits per heavy atom. The van der Waals surface area contributed by atoms with Crippen molar-refractivity contribution < 1.29 is 4.79 Å². The Hall–Kier alpha value is -0.0900. The zero-order valence-corrected chi connectivity index (χ0v) is 13.5. The topological polar surface area (TPSA) is 32.3 Å². The minimum Gasteiger partial charge on any atom is -0.354 e. The van der Waals surface area contributed by atoms with Crippen LogP contribution < -0.4 is 5.32 Å². The molecule has 1 saturated heterocycles.